The quantitative estimate of drug-likeness (QED) is 0.864. The van der Waals surface area contributed by atoms with Gasteiger partial charge in [0.15, 0.2) is 0 Å². The van der Waals surface area contributed by atoms with Gasteiger partial charge in [-0.3, -0.25) is 0 Å². The highest BCUT2D eigenvalue weighted by Crippen LogP contribution is 2.24. The van der Waals surface area contributed by atoms with Crippen LogP contribution in [0.2, 0.25) is 0 Å². The second kappa shape index (κ2) is 6.95. The van der Waals surface area contributed by atoms with E-state index >= 15 is 0 Å². The van der Waals surface area contributed by atoms with E-state index in [9.17, 15) is 4.39 Å². The van der Waals surface area contributed by atoms with Crippen LogP contribution in [0.4, 0.5) is 4.39 Å². The molecule has 1 N–H and O–H groups in total. The molecule has 2 nitrogen and oxygen atoms in total. The zero-order chi connectivity index (χ0) is 14.5. The molecule has 0 aliphatic rings. The van der Waals surface area contributed by atoms with Gasteiger partial charge in [0.05, 0.1) is 10.7 Å². The number of aromatic nitrogens is 1. The highest BCUT2D eigenvalue weighted by Gasteiger charge is 2.17. The molecule has 20 heavy (non-hydrogen) atoms. The second-order valence-electron chi connectivity index (χ2n) is 5.05. The van der Waals surface area contributed by atoms with Gasteiger partial charge in [-0.05, 0) is 32.4 Å². The molecule has 0 spiro atoms. The van der Waals surface area contributed by atoms with E-state index in [1.807, 2.05) is 32.0 Å². The summed E-state index contributed by atoms with van der Waals surface area (Å²) in [7, 11) is 0. The number of nitrogens with one attached hydrogen (secondary N) is 1. The van der Waals surface area contributed by atoms with Crippen molar-refractivity contribution in [1.29, 1.82) is 0 Å². The van der Waals surface area contributed by atoms with E-state index < -0.39 is 0 Å². The lowest BCUT2D eigenvalue weighted by Gasteiger charge is -2.19. The molecule has 4 heteroatoms. The van der Waals surface area contributed by atoms with E-state index in [-0.39, 0.29) is 11.9 Å². The number of benzene rings is 1. The molecular formula is C16H21FN2S. The topological polar surface area (TPSA) is 24.9 Å². The van der Waals surface area contributed by atoms with Crippen LogP contribution < -0.4 is 5.32 Å². The van der Waals surface area contributed by atoms with Crippen LogP contribution in [0.1, 0.15) is 41.2 Å². The van der Waals surface area contributed by atoms with Crippen LogP contribution in [0.25, 0.3) is 0 Å². The Balaban J connectivity index is 2.24. The number of hydrogen-bond donors (Lipinski definition) is 1. The average Bonchev–Trinajstić information content (AvgIpc) is 2.83. The van der Waals surface area contributed by atoms with Crippen LogP contribution >= 0.6 is 11.3 Å². The average molecular weight is 292 g/mol. The number of hydrogen-bond acceptors (Lipinski definition) is 3. The first-order valence-corrected chi connectivity index (χ1v) is 7.89. The molecule has 0 bridgehead atoms. The smallest absolute Gasteiger partial charge is 0.130 e. The third kappa shape index (κ3) is 3.64. The molecule has 2 aromatic rings. The largest absolute Gasteiger partial charge is 0.310 e. The fourth-order valence-electron chi connectivity index (χ4n) is 2.26. The van der Waals surface area contributed by atoms with Crippen LogP contribution in [-0.4, -0.2) is 11.5 Å². The molecule has 108 valence electrons. The molecule has 0 fully saturated rings. The maximum atomic E-state index is 14.3. The fourth-order valence-corrected chi connectivity index (χ4v) is 2.89. The first-order valence-electron chi connectivity index (χ1n) is 7.01. The Kier molecular flexibility index (Phi) is 5.26. The Hall–Kier alpha value is -1.26. The summed E-state index contributed by atoms with van der Waals surface area (Å²) in [4.78, 5) is 4.49. The standard InChI is InChI=1S/C16H21FN2S/c1-4-8-18-15(9-13-10-20-12(3)19-13)14-7-5-6-11(2)16(14)17/h5-7,10,15,18H,4,8-9H2,1-3H3. The van der Waals surface area contributed by atoms with Crippen LogP contribution in [0.3, 0.4) is 0 Å². The predicted octanol–water partition coefficient (Wildman–Crippen LogP) is 4.18. The lowest BCUT2D eigenvalue weighted by molar-refractivity contribution is 0.491. The van der Waals surface area contributed by atoms with Crippen molar-refractivity contribution in [1.82, 2.24) is 10.3 Å². The molecule has 0 saturated heterocycles. The summed E-state index contributed by atoms with van der Waals surface area (Å²) in [5.41, 5.74) is 2.46. The summed E-state index contributed by atoms with van der Waals surface area (Å²) in [6, 6.07) is 5.58. The normalized spacial score (nSPS) is 12.6. The van der Waals surface area contributed by atoms with Gasteiger partial charge in [0.25, 0.3) is 0 Å². The van der Waals surface area contributed by atoms with Crippen molar-refractivity contribution in [2.24, 2.45) is 0 Å². The lowest BCUT2D eigenvalue weighted by Crippen LogP contribution is -2.25. The predicted molar refractivity (Wildman–Crippen MR) is 82.7 cm³/mol. The van der Waals surface area contributed by atoms with Gasteiger partial charge < -0.3 is 5.32 Å². The van der Waals surface area contributed by atoms with Gasteiger partial charge >= 0.3 is 0 Å². The Bertz CT molecular complexity index is 565. The van der Waals surface area contributed by atoms with E-state index in [2.05, 4.69) is 22.6 Å². The molecule has 1 atom stereocenters. The van der Waals surface area contributed by atoms with E-state index in [4.69, 9.17) is 0 Å². The van der Waals surface area contributed by atoms with Crippen molar-refractivity contribution in [2.45, 2.75) is 39.7 Å². The first kappa shape index (κ1) is 15.1. The van der Waals surface area contributed by atoms with Crippen molar-refractivity contribution in [2.75, 3.05) is 6.54 Å². The number of aryl methyl sites for hydroxylation is 2. The molecule has 0 aliphatic heterocycles. The number of rotatable bonds is 6. The van der Waals surface area contributed by atoms with E-state index in [1.54, 1.807) is 11.3 Å². The molecule has 0 radical (unpaired) electrons. The van der Waals surface area contributed by atoms with Gasteiger partial charge in [0, 0.05) is 23.4 Å². The first-order chi connectivity index (χ1) is 9.61. The molecule has 2 rings (SSSR count). The highest BCUT2D eigenvalue weighted by atomic mass is 32.1. The van der Waals surface area contributed by atoms with E-state index in [0.717, 1.165) is 35.7 Å². The van der Waals surface area contributed by atoms with Crippen molar-refractivity contribution in [3.05, 3.63) is 51.2 Å². The highest BCUT2D eigenvalue weighted by molar-refractivity contribution is 7.09. The third-order valence-corrected chi connectivity index (χ3v) is 4.14. The zero-order valence-electron chi connectivity index (χ0n) is 12.2. The van der Waals surface area contributed by atoms with Crippen molar-refractivity contribution < 1.29 is 4.39 Å². The summed E-state index contributed by atoms with van der Waals surface area (Å²) in [5, 5.41) is 6.55. The van der Waals surface area contributed by atoms with Crippen molar-refractivity contribution in [3.63, 3.8) is 0 Å². The summed E-state index contributed by atoms with van der Waals surface area (Å²) in [5.74, 6) is -0.104. The maximum absolute atomic E-state index is 14.3. The van der Waals surface area contributed by atoms with Crippen molar-refractivity contribution >= 4 is 11.3 Å². The second-order valence-corrected chi connectivity index (χ2v) is 6.11. The number of nitrogens with zero attached hydrogens (tertiary/aromatic N) is 1. The summed E-state index contributed by atoms with van der Waals surface area (Å²) >= 11 is 1.64. The SMILES string of the molecule is CCCNC(Cc1csc(C)n1)c1cccc(C)c1F. The summed E-state index contributed by atoms with van der Waals surface area (Å²) < 4.78 is 14.3. The van der Waals surface area contributed by atoms with Gasteiger partial charge in [0.2, 0.25) is 0 Å². The summed E-state index contributed by atoms with van der Waals surface area (Å²) in [6.45, 7) is 6.80. The monoisotopic (exact) mass is 292 g/mol. The minimum atomic E-state index is -0.104. The van der Waals surface area contributed by atoms with Gasteiger partial charge in [-0.1, -0.05) is 25.1 Å². The van der Waals surface area contributed by atoms with E-state index in [1.165, 1.54) is 0 Å². The fraction of sp³-hybridized carbons (Fsp3) is 0.438. The molecule has 0 aliphatic carbocycles. The van der Waals surface area contributed by atoms with Crippen LogP contribution in [-0.2, 0) is 6.42 Å². The van der Waals surface area contributed by atoms with Crippen LogP contribution in [0, 0.1) is 19.7 Å². The maximum Gasteiger partial charge on any atom is 0.130 e. The Labute approximate surface area is 124 Å². The zero-order valence-corrected chi connectivity index (χ0v) is 13.1. The van der Waals surface area contributed by atoms with Crippen LogP contribution in [0.15, 0.2) is 23.6 Å². The molecule has 1 unspecified atom stereocenters. The van der Waals surface area contributed by atoms with Gasteiger partial charge in [-0.15, -0.1) is 11.3 Å². The summed E-state index contributed by atoms with van der Waals surface area (Å²) in [6.07, 6.45) is 1.75. The Morgan fingerprint density at radius 2 is 2.15 bits per heavy atom. The molecule has 1 aromatic heterocycles. The Morgan fingerprint density at radius 1 is 1.35 bits per heavy atom. The van der Waals surface area contributed by atoms with Gasteiger partial charge in [0.1, 0.15) is 5.82 Å². The molecular weight excluding hydrogens is 271 g/mol. The molecule has 1 heterocycles. The third-order valence-electron chi connectivity index (χ3n) is 3.32. The molecule has 0 amide bonds. The van der Waals surface area contributed by atoms with E-state index in [0.29, 0.717) is 5.56 Å². The number of halogens is 1. The van der Waals surface area contributed by atoms with Gasteiger partial charge in [-0.25, -0.2) is 9.37 Å². The minimum Gasteiger partial charge on any atom is -0.310 e. The Morgan fingerprint density at radius 3 is 2.80 bits per heavy atom. The minimum absolute atomic E-state index is 0.0173. The van der Waals surface area contributed by atoms with Crippen molar-refractivity contribution in [3.8, 4) is 0 Å². The van der Waals surface area contributed by atoms with Crippen LogP contribution in [0.5, 0.6) is 0 Å². The van der Waals surface area contributed by atoms with Gasteiger partial charge in [-0.2, -0.15) is 0 Å². The molecule has 1 aromatic carbocycles. The number of thiazole rings is 1. The molecule has 0 saturated carbocycles. The lowest BCUT2D eigenvalue weighted by atomic mass is 9.99.